The van der Waals surface area contributed by atoms with Crippen LogP contribution in [0.1, 0.15) is 44.1 Å². The van der Waals surface area contributed by atoms with E-state index in [1.165, 1.54) is 12.1 Å². The molecule has 1 N–H and O–H groups in total. The van der Waals surface area contributed by atoms with Crippen LogP contribution in [0.25, 0.3) is 0 Å². The highest BCUT2D eigenvalue weighted by Crippen LogP contribution is 2.42. The molecule has 0 radical (unpaired) electrons. The number of hydrogen-bond acceptors (Lipinski definition) is 2. The average Bonchev–Trinajstić information content (AvgIpc) is 2.80. The molecule has 2 fully saturated rings. The molecule has 1 unspecified atom stereocenters. The Kier molecular flexibility index (Phi) is 3.40. The smallest absolute Gasteiger partial charge is 0.137 e. The van der Waals surface area contributed by atoms with Crippen LogP contribution in [0.3, 0.4) is 0 Å². The van der Waals surface area contributed by atoms with Crippen molar-refractivity contribution in [2.75, 3.05) is 0 Å². The van der Waals surface area contributed by atoms with E-state index < -0.39 is 0 Å². The molecule has 2 nitrogen and oxygen atoms in total. The van der Waals surface area contributed by atoms with Gasteiger partial charge >= 0.3 is 0 Å². The molecule has 19 heavy (non-hydrogen) atoms. The van der Waals surface area contributed by atoms with Crippen LogP contribution in [0.2, 0.25) is 0 Å². The highest BCUT2D eigenvalue weighted by atomic mass is 19.1. The van der Waals surface area contributed by atoms with Gasteiger partial charge in [-0.2, -0.15) is 0 Å². The minimum Gasteiger partial charge on any atom is -0.310 e. The number of Topliss-reactive ketones (excluding diaryl/α,β-unsaturated/α-hetero) is 1. The van der Waals surface area contributed by atoms with Crippen LogP contribution < -0.4 is 5.32 Å². The number of rotatable bonds is 3. The Morgan fingerprint density at radius 1 is 1.32 bits per heavy atom. The quantitative estimate of drug-likeness (QED) is 0.906. The summed E-state index contributed by atoms with van der Waals surface area (Å²) in [5, 5.41) is 3.57. The van der Waals surface area contributed by atoms with Gasteiger partial charge in [0.1, 0.15) is 11.6 Å². The Morgan fingerprint density at radius 3 is 2.74 bits per heavy atom. The Bertz CT molecular complexity index is 470. The minimum absolute atomic E-state index is 0.0641. The van der Waals surface area contributed by atoms with Crippen LogP contribution in [0.5, 0.6) is 0 Å². The van der Waals surface area contributed by atoms with Crippen LogP contribution >= 0.6 is 0 Å². The van der Waals surface area contributed by atoms with Crippen LogP contribution in [0, 0.1) is 11.7 Å². The summed E-state index contributed by atoms with van der Waals surface area (Å²) in [6.07, 6.45) is 3.85. The molecular weight excluding hydrogens is 241 g/mol. The van der Waals surface area contributed by atoms with Crippen LogP contribution in [-0.4, -0.2) is 17.9 Å². The van der Waals surface area contributed by atoms with E-state index in [1.807, 2.05) is 19.1 Å². The normalized spacial score (nSPS) is 33.4. The van der Waals surface area contributed by atoms with Gasteiger partial charge < -0.3 is 5.32 Å². The van der Waals surface area contributed by atoms with Gasteiger partial charge in [-0.3, -0.25) is 4.79 Å². The maximum atomic E-state index is 13.1. The molecule has 4 atom stereocenters. The second-order valence-corrected chi connectivity index (χ2v) is 5.79. The van der Waals surface area contributed by atoms with Crippen LogP contribution in [-0.2, 0) is 4.79 Å². The summed E-state index contributed by atoms with van der Waals surface area (Å²) < 4.78 is 13.1. The van der Waals surface area contributed by atoms with Gasteiger partial charge in [0.2, 0.25) is 0 Å². The lowest BCUT2D eigenvalue weighted by atomic mass is 9.74. The van der Waals surface area contributed by atoms with Gasteiger partial charge in [0.25, 0.3) is 0 Å². The van der Waals surface area contributed by atoms with Crippen molar-refractivity contribution in [1.82, 2.24) is 5.32 Å². The first kappa shape index (κ1) is 12.8. The van der Waals surface area contributed by atoms with Crippen molar-refractivity contribution in [1.29, 1.82) is 0 Å². The molecule has 0 saturated carbocycles. The first-order chi connectivity index (χ1) is 9.19. The predicted octanol–water partition coefficient (Wildman–Crippen LogP) is 3.03. The van der Waals surface area contributed by atoms with Crippen molar-refractivity contribution >= 4 is 5.78 Å². The van der Waals surface area contributed by atoms with E-state index in [-0.39, 0.29) is 17.7 Å². The maximum Gasteiger partial charge on any atom is 0.137 e. The van der Waals surface area contributed by atoms with Gasteiger partial charge in [-0.25, -0.2) is 4.39 Å². The number of carbonyl (C=O) groups excluding carboxylic acids is 1. The van der Waals surface area contributed by atoms with Crippen molar-refractivity contribution in [3.8, 4) is 0 Å². The Morgan fingerprint density at radius 2 is 2.05 bits per heavy atom. The van der Waals surface area contributed by atoms with E-state index in [2.05, 4.69) is 5.32 Å². The van der Waals surface area contributed by atoms with Crippen LogP contribution in [0.15, 0.2) is 24.3 Å². The molecule has 2 saturated heterocycles. The summed E-state index contributed by atoms with van der Waals surface area (Å²) in [4.78, 5) is 12.3. The zero-order chi connectivity index (χ0) is 13.4. The molecule has 3 rings (SSSR count). The van der Waals surface area contributed by atoms with E-state index in [4.69, 9.17) is 0 Å². The summed E-state index contributed by atoms with van der Waals surface area (Å²) in [6.45, 7) is 1.94. The number of halogens is 1. The van der Waals surface area contributed by atoms with E-state index in [1.54, 1.807) is 0 Å². The molecule has 1 aromatic rings. The molecule has 0 spiro atoms. The van der Waals surface area contributed by atoms with Gasteiger partial charge in [-0.05, 0) is 42.9 Å². The standard InChI is InChI=1S/C16H20FNO/c1-2-15(19)16-13(9-12-7-8-14(16)18-12)10-3-5-11(17)6-4-10/h3-6,12-14,16,18H,2,7-9H2,1H3/t12?,13-,14+,16+/m1/s1. The van der Waals surface area contributed by atoms with Gasteiger partial charge in [0, 0.05) is 24.4 Å². The molecular formula is C16H20FNO. The van der Waals surface area contributed by atoms with Crippen molar-refractivity contribution in [2.24, 2.45) is 5.92 Å². The fourth-order valence-corrected chi connectivity index (χ4v) is 3.79. The monoisotopic (exact) mass is 261 g/mol. The number of nitrogens with one attached hydrogen (secondary N) is 1. The van der Waals surface area contributed by atoms with Gasteiger partial charge in [0.05, 0.1) is 0 Å². The van der Waals surface area contributed by atoms with E-state index in [9.17, 15) is 9.18 Å². The molecule has 2 aliphatic heterocycles. The third-order valence-electron chi connectivity index (χ3n) is 4.70. The molecule has 102 valence electrons. The van der Waals surface area contributed by atoms with Crippen molar-refractivity contribution in [3.63, 3.8) is 0 Å². The molecule has 2 bridgehead atoms. The van der Waals surface area contributed by atoms with Crippen molar-refractivity contribution in [3.05, 3.63) is 35.6 Å². The maximum absolute atomic E-state index is 13.1. The zero-order valence-electron chi connectivity index (χ0n) is 11.2. The van der Waals surface area contributed by atoms with Crippen molar-refractivity contribution < 1.29 is 9.18 Å². The van der Waals surface area contributed by atoms with Crippen molar-refractivity contribution in [2.45, 2.75) is 50.6 Å². The first-order valence-electron chi connectivity index (χ1n) is 7.23. The van der Waals surface area contributed by atoms with Gasteiger partial charge in [-0.1, -0.05) is 19.1 Å². The molecule has 1 aromatic carbocycles. The fourth-order valence-electron chi connectivity index (χ4n) is 3.79. The molecule has 3 heteroatoms. The summed E-state index contributed by atoms with van der Waals surface area (Å²) >= 11 is 0. The summed E-state index contributed by atoms with van der Waals surface area (Å²) in [6, 6.07) is 7.56. The van der Waals surface area contributed by atoms with E-state index in [0.29, 0.717) is 24.3 Å². The third kappa shape index (κ3) is 2.32. The molecule has 0 amide bonds. The largest absolute Gasteiger partial charge is 0.310 e. The number of ketones is 1. The summed E-state index contributed by atoms with van der Waals surface area (Å²) in [7, 11) is 0. The average molecular weight is 261 g/mol. The van der Waals surface area contributed by atoms with Gasteiger partial charge in [0.15, 0.2) is 0 Å². The SMILES string of the molecule is CCC(=O)[C@@H]1[C@@H]2CCC(C[C@@H]1c1ccc(F)cc1)N2. The number of benzene rings is 1. The Balaban J connectivity index is 1.92. The van der Waals surface area contributed by atoms with Gasteiger partial charge in [-0.15, -0.1) is 0 Å². The minimum atomic E-state index is -0.209. The highest BCUT2D eigenvalue weighted by molar-refractivity contribution is 5.82. The second-order valence-electron chi connectivity index (χ2n) is 5.79. The van der Waals surface area contributed by atoms with E-state index >= 15 is 0 Å². The first-order valence-corrected chi connectivity index (χ1v) is 7.23. The third-order valence-corrected chi connectivity index (χ3v) is 4.70. The lowest BCUT2D eigenvalue weighted by molar-refractivity contribution is -0.124. The van der Waals surface area contributed by atoms with Crippen LogP contribution in [0.4, 0.5) is 4.39 Å². The molecule has 0 aromatic heterocycles. The topological polar surface area (TPSA) is 29.1 Å². The predicted molar refractivity (Wildman–Crippen MR) is 72.5 cm³/mol. The molecule has 2 heterocycles. The molecule has 2 aliphatic rings. The zero-order valence-corrected chi connectivity index (χ0v) is 11.2. The summed E-state index contributed by atoms with van der Waals surface area (Å²) in [5.74, 6) is 0.451. The Labute approximate surface area is 113 Å². The Hall–Kier alpha value is -1.22. The second kappa shape index (κ2) is 5.04. The number of fused-ring (bicyclic) bond motifs is 2. The number of piperidine rings is 1. The lowest BCUT2D eigenvalue weighted by Crippen LogP contribution is -2.47. The lowest BCUT2D eigenvalue weighted by Gasteiger charge is -2.37. The number of carbonyl (C=O) groups is 1. The summed E-state index contributed by atoms with van der Waals surface area (Å²) in [5.41, 5.74) is 1.12. The fraction of sp³-hybridized carbons (Fsp3) is 0.562. The number of hydrogen-bond donors (Lipinski definition) is 1. The molecule has 0 aliphatic carbocycles. The highest BCUT2D eigenvalue weighted by Gasteiger charge is 2.44. The van der Waals surface area contributed by atoms with E-state index in [0.717, 1.165) is 24.8 Å².